The molecule has 0 aliphatic rings. The minimum atomic E-state index is -0.0453. The van der Waals surface area contributed by atoms with Gasteiger partial charge >= 0.3 is 0 Å². The first kappa shape index (κ1) is 19.2. The molecule has 1 atom stereocenters. The lowest BCUT2D eigenvalue weighted by atomic mass is 10.1. The smallest absolute Gasteiger partial charge is 0.224 e. The van der Waals surface area contributed by atoms with Crippen LogP contribution >= 0.6 is 0 Å². The number of rotatable bonds is 7. The number of methoxy groups -OCH3 is 3. The first-order valence-corrected chi connectivity index (χ1v) is 7.11. The maximum Gasteiger partial charge on any atom is 0.224 e. The lowest BCUT2D eigenvalue weighted by molar-refractivity contribution is -0.120. The fourth-order valence-corrected chi connectivity index (χ4v) is 1.58. The van der Waals surface area contributed by atoms with E-state index in [4.69, 9.17) is 14.2 Å². The lowest BCUT2D eigenvalue weighted by Gasteiger charge is -2.12. The predicted octanol–water partition coefficient (Wildman–Crippen LogP) is 2.42. The van der Waals surface area contributed by atoms with Crippen molar-refractivity contribution in [1.29, 1.82) is 0 Å². The van der Waals surface area contributed by atoms with Crippen molar-refractivity contribution in [2.45, 2.75) is 33.3 Å². The molecule has 1 aromatic carbocycles. The maximum atomic E-state index is 11.7. The Labute approximate surface area is 127 Å². The van der Waals surface area contributed by atoms with Gasteiger partial charge in [-0.3, -0.25) is 4.79 Å². The minimum Gasteiger partial charge on any atom is -0.493 e. The predicted molar refractivity (Wildman–Crippen MR) is 84.1 cm³/mol. The third-order valence-corrected chi connectivity index (χ3v) is 2.80. The summed E-state index contributed by atoms with van der Waals surface area (Å²) in [5, 5.41) is 2.81. The summed E-state index contributed by atoms with van der Waals surface area (Å²) in [7, 11) is 4.77. The van der Waals surface area contributed by atoms with Crippen LogP contribution in [0.5, 0.6) is 11.5 Å². The van der Waals surface area contributed by atoms with Gasteiger partial charge in [-0.1, -0.05) is 19.9 Å². The molecule has 0 radical (unpaired) electrons. The summed E-state index contributed by atoms with van der Waals surface area (Å²) in [5.41, 5.74) is 0.875. The van der Waals surface area contributed by atoms with Crippen molar-refractivity contribution < 1.29 is 19.0 Å². The van der Waals surface area contributed by atoms with Crippen LogP contribution in [0.4, 0.5) is 0 Å². The largest absolute Gasteiger partial charge is 0.493 e. The Morgan fingerprint density at radius 3 is 2.29 bits per heavy atom. The van der Waals surface area contributed by atoms with Crippen LogP contribution in [0.15, 0.2) is 18.2 Å². The summed E-state index contributed by atoms with van der Waals surface area (Å²) in [6, 6.07) is 5.44. The van der Waals surface area contributed by atoms with Crippen molar-refractivity contribution in [2.24, 2.45) is 0 Å². The van der Waals surface area contributed by atoms with Crippen molar-refractivity contribution >= 4 is 5.91 Å². The van der Waals surface area contributed by atoms with E-state index in [9.17, 15) is 4.79 Å². The van der Waals surface area contributed by atoms with E-state index in [1.807, 2.05) is 26.8 Å². The van der Waals surface area contributed by atoms with E-state index in [2.05, 4.69) is 5.32 Å². The van der Waals surface area contributed by atoms with Gasteiger partial charge in [-0.15, -0.1) is 0 Å². The quantitative estimate of drug-likeness (QED) is 0.840. The fourth-order valence-electron chi connectivity index (χ4n) is 1.58. The zero-order valence-corrected chi connectivity index (χ0v) is 13.9. The number of nitrogens with one attached hydrogen (secondary N) is 1. The summed E-state index contributed by atoms with van der Waals surface area (Å²) in [6.45, 7) is 6.40. The van der Waals surface area contributed by atoms with Gasteiger partial charge < -0.3 is 19.5 Å². The normalized spacial score (nSPS) is 11.0. The summed E-state index contributed by atoms with van der Waals surface area (Å²) in [5.74, 6) is 1.23. The molecule has 21 heavy (non-hydrogen) atoms. The van der Waals surface area contributed by atoms with Gasteiger partial charge in [-0.05, 0) is 24.6 Å². The Kier molecular flexibility index (Phi) is 10.1. The molecular weight excluding hydrogens is 270 g/mol. The molecule has 5 nitrogen and oxygen atoms in total. The third kappa shape index (κ3) is 6.99. The van der Waals surface area contributed by atoms with E-state index in [0.29, 0.717) is 24.5 Å². The van der Waals surface area contributed by atoms with Crippen molar-refractivity contribution in [1.82, 2.24) is 5.32 Å². The zero-order chi connectivity index (χ0) is 16.3. The molecule has 0 saturated heterocycles. The van der Waals surface area contributed by atoms with E-state index in [1.54, 1.807) is 33.5 Å². The summed E-state index contributed by atoms with van der Waals surface area (Å²) < 4.78 is 15.4. The number of hydrogen-bond acceptors (Lipinski definition) is 4. The number of benzene rings is 1. The summed E-state index contributed by atoms with van der Waals surface area (Å²) in [6.07, 6.45) is 0.311. The van der Waals surface area contributed by atoms with Gasteiger partial charge in [0, 0.05) is 13.7 Å². The molecule has 1 aromatic rings. The van der Waals surface area contributed by atoms with Gasteiger partial charge in [0.1, 0.15) is 0 Å². The lowest BCUT2D eigenvalue weighted by Crippen LogP contribution is -2.32. The second-order valence-electron chi connectivity index (χ2n) is 4.22. The molecule has 1 rings (SSSR count). The molecule has 0 bridgehead atoms. The molecule has 1 N–H and O–H groups in total. The first-order chi connectivity index (χ1) is 10.1. The zero-order valence-electron chi connectivity index (χ0n) is 13.9. The standard InChI is InChI=1S/C14H21NO4.C2H6/c1-10(17-2)9-15-14(16)8-11-5-6-12(18-3)13(7-11)19-4;1-2/h5-7,10H,8-9H2,1-4H3,(H,15,16);1-2H3. The highest BCUT2D eigenvalue weighted by molar-refractivity contribution is 5.78. The second kappa shape index (κ2) is 11.0. The minimum absolute atomic E-state index is 0.00866. The Morgan fingerprint density at radius 1 is 1.14 bits per heavy atom. The van der Waals surface area contributed by atoms with Crippen LogP contribution in [0, 0.1) is 0 Å². The van der Waals surface area contributed by atoms with Crippen molar-refractivity contribution in [2.75, 3.05) is 27.9 Å². The Hall–Kier alpha value is -1.75. The Morgan fingerprint density at radius 2 is 1.76 bits per heavy atom. The Balaban J connectivity index is 0.00000191. The van der Waals surface area contributed by atoms with Crippen LogP contribution in [0.2, 0.25) is 0 Å². The fraction of sp³-hybridized carbons (Fsp3) is 0.562. The molecule has 120 valence electrons. The topological polar surface area (TPSA) is 56.8 Å². The number of amides is 1. The van der Waals surface area contributed by atoms with Crippen molar-refractivity contribution in [3.05, 3.63) is 23.8 Å². The van der Waals surface area contributed by atoms with Crippen molar-refractivity contribution in [3.8, 4) is 11.5 Å². The summed E-state index contributed by atoms with van der Waals surface area (Å²) in [4.78, 5) is 11.7. The molecular formula is C16H27NO4. The van der Waals surface area contributed by atoms with Crippen LogP contribution in [-0.2, 0) is 16.0 Å². The molecule has 0 saturated carbocycles. The number of carbonyl (C=O) groups is 1. The molecule has 0 fully saturated rings. The van der Waals surface area contributed by atoms with Gasteiger partial charge in [0.2, 0.25) is 5.91 Å². The van der Waals surface area contributed by atoms with Gasteiger partial charge in [-0.25, -0.2) is 0 Å². The van der Waals surface area contributed by atoms with Gasteiger partial charge in [0.05, 0.1) is 26.7 Å². The van der Waals surface area contributed by atoms with E-state index >= 15 is 0 Å². The highest BCUT2D eigenvalue weighted by atomic mass is 16.5. The molecule has 5 heteroatoms. The first-order valence-electron chi connectivity index (χ1n) is 7.11. The molecule has 0 heterocycles. The average Bonchev–Trinajstić information content (AvgIpc) is 2.54. The third-order valence-electron chi connectivity index (χ3n) is 2.80. The van der Waals surface area contributed by atoms with Gasteiger partial charge in [0.25, 0.3) is 0 Å². The van der Waals surface area contributed by atoms with Gasteiger partial charge in [-0.2, -0.15) is 0 Å². The maximum absolute atomic E-state index is 11.7. The molecule has 0 aromatic heterocycles. The van der Waals surface area contributed by atoms with Crippen LogP contribution in [0.1, 0.15) is 26.3 Å². The van der Waals surface area contributed by atoms with Crippen LogP contribution < -0.4 is 14.8 Å². The van der Waals surface area contributed by atoms with Gasteiger partial charge in [0.15, 0.2) is 11.5 Å². The van der Waals surface area contributed by atoms with Crippen LogP contribution in [0.25, 0.3) is 0 Å². The molecule has 0 spiro atoms. The van der Waals surface area contributed by atoms with E-state index < -0.39 is 0 Å². The van der Waals surface area contributed by atoms with E-state index in [-0.39, 0.29) is 12.0 Å². The van der Waals surface area contributed by atoms with Crippen LogP contribution in [0.3, 0.4) is 0 Å². The summed E-state index contributed by atoms with van der Waals surface area (Å²) >= 11 is 0. The highest BCUT2D eigenvalue weighted by Crippen LogP contribution is 2.27. The van der Waals surface area contributed by atoms with E-state index in [0.717, 1.165) is 5.56 Å². The van der Waals surface area contributed by atoms with Crippen LogP contribution in [-0.4, -0.2) is 39.9 Å². The van der Waals surface area contributed by atoms with Crippen molar-refractivity contribution in [3.63, 3.8) is 0 Å². The SMILES string of the molecule is CC.COc1ccc(CC(=O)NCC(C)OC)cc1OC. The average molecular weight is 297 g/mol. The number of carbonyl (C=O) groups excluding carboxylic acids is 1. The number of hydrogen-bond donors (Lipinski definition) is 1. The second-order valence-corrected chi connectivity index (χ2v) is 4.22. The molecule has 1 amide bonds. The molecule has 0 aliphatic carbocycles. The molecule has 1 unspecified atom stereocenters. The van der Waals surface area contributed by atoms with E-state index in [1.165, 1.54) is 0 Å². The monoisotopic (exact) mass is 297 g/mol. The Bertz CT molecular complexity index is 421. The highest BCUT2D eigenvalue weighted by Gasteiger charge is 2.09. The number of ether oxygens (including phenoxy) is 3. The molecule has 0 aliphatic heterocycles.